The van der Waals surface area contributed by atoms with Gasteiger partial charge in [-0.15, -0.1) is 0 Å². The Hall–Kier alpha value is -3.20. The highest BCUT2D eigenvalue weighted by molar-refractivity contribution is 6.30. The Morgan fingerprint density at radius 1 is 1.19 bits per heavy atom. The van der Waals surface area contributed by atoms with Gasteiger partial charge in [0.15, 0.2) is 0 Å². The lowest BCUT2D eigenvalue weighted by Crippen LogP contribution is -2.47. The smallest absolute Gasteiger partial charge is 0.410 e. The van der Waals surface area contributed by atoms with Gasteiger partial charge in [0.2, 0.25) is 0 Å². The molecule has 1 aromatic carbocycles. The number of piperazine rings is 1. The van der Waals surface area contributed by atoms with E-state index in [1.54, 1.807) is 18.3 Å². The number of pyridine rings is 1. The van der Waals surface area contributed by atoms with E-state index in [9.17, 15) is 4.79 Å². The predicted octanol–water partition coefficient (Wildman–Crippen LogP) is 4.74. The molecule has 37 heavy (non-hydrogen) atoms. The fourth-order valence-corrected chi connectivity index (χ4v) is 4.67. The second-order valence-electron chi connectivity index (χ2n) is 9.33. The van der Waals surface area contributed by atoms with Gasteiger partial charge in [0.05, 0.1) is 30.0 Å². The van der Waals surface area contributed by atoms with Gasteiger partial charge in [0.1, 0.15) is 6.10 Å². The van der Waals surface area contributed by atoms with Crippen molar-refractivity contribution in [2.45, 2.75) is 32.5 Å². The van der Waals surface area contributed by atoms with Gasteiger partial charge in [-0.3, -0.25) is 4.98 Å². The summed E-state index contributed by atoms with van der Waals surface area (Å²) in [5, 5.41) is 3.88. The Kier molecular flexibility index (Phi) is 8.97. The monoisotopic (exact) mass is 523 g/mol. The molecule has 1 aliphatic carbocycles. The molecule has 0 spiro atoms. The molecule has 3 heterocycles. The first-order valence-corrected chi connectivity index (χ1v) is 12.8. The molecule has 8 nitrogen and oxygen atoms in total. The summed E-state index contributed by atoms with van der Waals surface area (Å²) >= 11 is 6.31. The molecule has 9 heteroatoms. The van der Waals surface area contributed by atoms with Crippen molar-refractivity contribution < 1.29 is 14.3 Å². The molecule has 1 atom stereocenters. The van der Waals surface area contributed by atoms with Crippen LogP contribution in [-0.2, 0) is 22.9 Å². The average molecular weight is 524 g/mol. The van der Waals surface area contributed by atoms with Crippen LogP contribution >= 0.6 is 11.6 Å². The SMILES string of the molecule is CC(C)OC(=O)N1CCNCC1.COC(C1=Cc2cccnc2Cc2ccc(Cl)cc21)c1cncn1C. The first-order valence-electron chi connectivity index (χ1n) is 12.5. The fourth-order valence-electron chi connectivity index (χ4n) is 4.49. The van der Waals surface area contributed by atoms with E-state index in [1.807, 2.05) is 56.1 Å². The zero-order valence-electron chi connectivity index (χ0n) is 21.8. The molecule has 1 amide bonds. The van der Waals surface area contributed by atoms with E-state index >= 15 is 0 Å². The Labute approximate surface area is 223 Å². The third kappa shape index (κ3) is 6.57. The van der Waals surface area contributed by atoms with E-state index in [-0.39, 0.29) is 18.3 Å². The first kappa shape index (κ1) is 26.9. The number of rotatable bonds is 4. The molecule has 0 saturated carbocycles. The van der Waals surface area contributed by atoms with Crippen molar-refractivity contribution in [3.8, 4) is 0 Å². The predicted molar refractivity (Wildman–Crippen MR) is 145 cm³/mol. The van der Waals surface area contributed by atoms with Crippen LogP contribution in [0.15, 0.2) is 49.1 Å². The van der Waals surface area contributed by atoms with Crippen LogP contribution in [-0.4, -0.2) is 64.9 Å². The number of carbonyl (C=O) groups excluding carboxylic acids is 1. The first-order chi connectivity index (χ1) is 17.9. The van der Waals surface area contributed by atoms with Crippen LogP contribution < -0.4 is 5.32 Å². The number of ether oxygens (including phenoxy) is 2. The van der Waals surface area contributed by atoms with Crippen molar-refractivity contribution in [3.63, 3.8) is 0 Å². The second kappa shape index (κ2) is 12.4. The highest BCUT2D eigenvalue weighted by Crippen LogP contribution is 2.39. The van der Waals surface area contributed by atoms with E-state index in [0.29, 0.717) is 5.02 Å². The van der Waals surface area contributed by atoms with Crippen molar-refractivity contribution >= 4 is 29.3 Å². The van der Waals surface area contributed by atoms with Crippen LogP contribution in [0.2, 0.25) is 5.02 Å². The number of carbonyl (C=O) groups is 1. The van der Waals surface area contributed by atoms with Crippen LogP contribution in [0.4, 0.5) is 4.79 Å². The number of methoxy groups -OCH3 is 1. The molecule has 1 saturated heterocycles. The third-order valence-corrected chi connectivity index (χ3v) is 6.56. The number of fused-ring (bicyclic) bond motifs is 2. The Bertz CT molecular complexity index is 1250. The topological polar surface area (TPSA) is 81.5 Å². The minimum Gasteiger partial charge on any atom is -0.447 e. The Morgan fingerprint density at radius 3 is 2.65 bits per heavy atom. The number of imidazole rings is 1. The van der Waals surface area contributed by atoms with E-state index in [2.05, 4.69) is 33.5 Å². The molecule has 1 fully saturated rings. The summed E-state index contributed by atoms with van der Waals surface area (Å²) in [4.78, 5) is 21.8. The van der Waals surface area contributed by atoms with Crippen molar-refractivity contribution in [1.82, 2.24) is 24.8 Å². The van der Waals surface area contributed by atoms with E-state index in [0.717, 1.165) is 60.7 Å². The summed E-state index contributed by atoms with van der Waals surface area (Å²) in [5.41, 5.74) is 6.51. The maximum atomic E-state index is 11.3. The third-order valence-electron chi connectivity index (χ3n) is 6.33. The van der Waals surface area contributed by atoms with E-state index in [1.165, 1.54) is 5.56 Å². The van der Waals surface area contributed by atoms with Crippen molar-refractivity contribution in [2.24, 2.45) is 7.05 Å². The van der Waals surface area contributed by atoms with E-state index in [4.69, 9.17) is 21.1 Å². The Balaban J connectivity index is 0.000000225. The number of aromatic nitrogens is 3. The normalized spacial score (nSPS) is 15.5. The Morgan fingerprint density at radius 2 is 1.97 bits per heavy atom. The number of nitrogens with one attached hydrogen (secondary N) is 1. The van der Waals surface area contributed by atoms with Gasteiger partial charge >= 0.3 is 6.09 Å². The van der Waals surface area contributed by atoms with Crippen LogP contribution in [0.1, 0.15) is 48.0 Å². The highest BCUT2D eigenvalue weighted by Gasteiger charge is 2.26. The quantitative estimate of drug-likeness (QED) is 0.532. The van der Waals surface area contributed by atoms with Crippen molar-refractivity contribution in [1.29, 1.82) is 0 Å². The molecule has 196 valence electrons. The number of aryl methyl sites for hydroxylation is 1. The van der Waals surface area contributed by atoms with Gasteiger partial charge in [0, 0.05) is 58.0 Å². The van der Waals surface area contributed by atoms with Gasteiger partial charge in [-0.05, 0) is 60.4 Å². The van der Waals surface area contributed by atoms with Crippen LogP contribution in [0.3, 0.4) is 0 Å². The minimum atomic E-state index is -0.240. The molecule has 0 radical (unpaired) electrons. The summed E-state index contributed by atoms with van der Waals surface area (Å²) < 4.78 is 12.9. The number of hydrogen-bond acceptors (Lipinski definition) is 6. The van der Waals surface area contributed by atoms with Crippen LogP contribution in [0.25, 0.3) is 11.6 Å². The van der Waals surface area contributed by atoms with Crippen LogP contribution in [0, 0.1) is 0 Å². The molecular weight excluding hydrogens is 490 g/mol. The summed E-state index contributed by atoms with van der Waals surface area (Å²) in [7, 11) is 3.69. The second-order valence-corrected chi connectivity index (χ2v) is 9.77. The molecule has 2 aliphatic rings. The number of benzene rings is 1. The maximum absolute atomic E-state index is 11.3. The van der Waals surface area contributed by atoms with E-state index < -0.39 is 0 Å². The lowest BCUT2D eigenvalue weighted by Gasteiger charge is -2.27. The average Bonchev–Trinajstić information content (AvgIpc) is 3.24. The number of hydrogen-bond donors (Lipinski definition) is 1. The maximum Gasteiger partial charge on any atom is 0.410 e. The zero-order valence-corrected chi connectivity index (χ0v) is 22.5. The van der Waals surface area contributed by atoms with Gasteiger partial charge < -0.3 is 24.3 Å². The lowest BCUT2D eigenvalue weighted by atomic mass is 9.93. The molecule has 0 bridgehead atoms. The van der Waals surface area contributed by atoms with Gasteiger partial charge in [-0.25, -0.2) is 9.78 Å². The molecular formula is C28H34ClN5O3. The molecule has 3 aromatic rings. The summed E-state index contributed by atoms with van der Waals surface area (Å²) in [6.45, 7) is 6.97. The summed E-state index contributed by atoms with van der Waals surface area (Å²) in [5.74, 6) is 0. The summed E-state index contributed by atoms with van der Waals surface area (Å²) in [6.07, 6.45) is 7.94. The van der Waals surface area contributed by atoms with Gasteiger partial charge in [0.25, 0.3) is 0 Å². The molecule has 1 N–H and O–H groups in total. The number of nitrogens with zero attached hydrogens (tertiary/aromatic N) is 4. The fraction of sp³-hybridized carbons (Fsp3) is 0.393. The van der Waals surface area contributed by atoms with Crippen LogP contribution in [0.5, 0.6) is 0 Å². The largest absolute Gasteiger partial charge is 0.447 e. The molecule has 5 rings (SSSR count). The highest BCUT2D eigenvalue weighted by atomic mass is 35.5. The standard InChI is InChI=1S/C20H18ClN3O.C8H16N2O2/c1-24-12-22-11-19(24)20(25-2)17-8-14-4-3-7-23-18(14)9-13-5-6-15(21)10-16(13)17;1-7(2)12-8(11)10-5-3-9-4-6-10/h3-8,10-12,20H,9H2,1-2H3;7,9H,3-6H2,1-2H3. The minimum absolute atomic E-state index is 0.0209. The van der Waals surface area contributed by atoms with Crippen molar-refractivity contribution in [2.75, 3.05) is 33.3 Å². The molecule has 1 aliphatic heterocycles. The number of amides is 1. The molecule has 1 unspecified atom stereocenters. The zero-order chi connectivity index (χ0) is 26.4. The van der Waals surface area contributed by atoms with Crippen molar-refractivity contribution in [3.05, 3.63) is 82.2 Å². The number of halogens is 1. The van der Waals surface area contributed by atoms with Gasteiger partial charge in [-0.1, -0.05) is 23.7 Å². The molecule has 2 aromatic heterocycles. The van der Waals surface area contributed by atoms with Gasteiger partial charge in [-0.2, -0.15) is 0 Å². The summed E-state index contributed by atoms with van der Waals surface area (Å²) in [6, 6.07) is 10.1. The lowest BCUT2D eigenvalue weighted by molar-refractivity contribution is 0.0732.